The average molecular weight is 833 g/mol. The van der Waals surface area contributed by atoms with Crippen LogP contribution in [0.5, 0.6) is 11.5 Å². The van der Waals surface area contributed by atoms with Gasteiger partial charge < -0.3 is 31.6 Å². The summed E-state index contributed by atoms with van der Waals surface area (Å²) in [5, 5.41) is 5.52. The summed E-state index contributed by atoms with van der Waals surface area (Å²) in [4.78, 5) is 28.9. The number of urea groups is 2. The first-order valence-electron chi connectivity index (χ1n) is 21.6. The second-order valence-electron chi connectivity index (χ2n) is 15.6. The molecule has 0 unspecified atom stereocenters. The number of anilines is 2. The van der Waals surface area contributed by atoms with Gasteiger partial charge >= 0.3 is 12.1 Å². The Morgan fingerprint density at radius 1 is 0.419 bits per heavy atom. The van der Waals surface area contributed by atoms with Gasteiger partial charge in [-0.1, -0.05) is 146 Å². The molecule has 0 aliphatic heterocycles. The maximum atomic E-state index is 11.9. The van der Waals surface area contributed by atoms with Crippen LogP contribution >= 0.6 is 0 Å². The molecule has 322 valence electrons. The van der Waals surface area contributed by atoms with Crippen molar-refractivity contribution in [3.05, 3.63) is 191 Å². The maximum Gasteiger partial charge on any atom is 0.316 e. The van der Waals surface area contributed by atoms with E-state index in [0.717, 1.165) is 100 Å². The topological polar surface area (TPSA) is 135 Å². The standard InChI is InChI=1S/C52H60N6O4/c53-51(59)55-47-35-41(25-27-49(47)61-39-45-21-11-5-12-22-45)29-33-57(37-43-17-7-3-8-18-43)31-15-1-2-16-32-58(38-44-19-9-4-10-20-44)34-30-42-26-28-50(48(36-42)56-52(54)60)62-40-46-23-13-6-14-24-46/h3-14,17-28,35-36H,1-2,15-16,29-34,37-40H2,(H3,53,55,59)(H3,54,56,60). The smallest absolute Gasteiger partial charge is 0.316 e. The van der Waals surface area contributed by atoms with Crippen molar-refractivity contribution in [2.75, 3.05) is 36.8 Å². The minimum atomic E-state index is -0.621. The summed E-state index contributed by atoms with van der Waals surface area (Å²) in [7, 11) is 0. The molecule has 0 atom stereocenters. The minimum absolute atomic E-state index is 0.392. The van der Waals surface area contributed by atoms with E-state index in [1.165, 1.54) is 11.1 Å². The third-order valence-electron chi connectivity index (χ3n) is 10.7. The highest BCUT2D eigenvalue weighted by Crippen LogP contribution is 2.29. The number of primary amides is 2. The molecule has 6 aromatic carbocycles. The summed E-state index contributed by atoms with van der Waals surface area (Å²) >= 11 is 0. The number of rotatable bonds is 25. The van der Waals surface area contributed by atoms with Crippen LogP contribution in [0.15, 0.2) is 158 Å². The first-order valence-corrected chi connectivity index (χ1v) is 21.6. The second-order valence-corrected chi connectivity index (χ2v) is 15.6. The van der Waals surface area contributed by atoms with E-state index in [4.69, 9.17) is 20.9 Å². The van der Waals surface area contributed by atoms with Crippen molar-refractivity contribution in [1.82, 2.24) is 9.80 Å². The molecule has 10 heteroatoms. The van der Waals surface area contributed by atoms with Crippen molar-refractivity contribution >= 4 is 23.4 Å². The van der Waals surface area contributed by atoms with E-state index >= 15 is 0 Å². The summed E-state index contributed by atoms with van der Waals surface area (Å²) in [6, 6.07) is 51.8. The SMILES string of the molecule is NC(=O)Nc1cc(CCN(CCCCCCN(CCc2ccc(OCc3ccccc3)c(NC(N)=O)c2)Cc2ccccc2)Cc2ccccc2)ccc1OCc1ccccc1. The zero-order valence-corrected chi connectivity index (χ0v) is 35.6. The predicted octanol–water partition coefficient (Wildman–Crippen LogP) is 10.2. The Morgan fingerprint density at radius 3 is 1.13 bits per heavy atom. The number of amides is 4. The molecule has 0 spiro atoms. The predicted molar refractivity (Wildman–Crippen MR) is 250 cm³/mol. The van der Waals surface area contributed by atoms with Crippen molar-refractivity contribution in [2.24, 2.45) is 11.5 Å². The lowest BCUT2D eigenvalue weighted by Crippen LogP contribution is -2.28. The number of unbranched alkanes of at least 4 members (excludes halogenated alkanes) is 3. The number of carbonyl (C=O) groups is 2. The van der Waals surface area contributed by atoms with Crippen LogP contribution in [0.25, 0.3) is 0 Å². The third-order valence-corrected chi connectivity index (χ3v) is 10.7. The monoisotopic (exact) mass is 832 g/mol. The van der Waals surface area contributed by atoms with Gasteiger partial charge in [-0.25, -0.2) is 9.59 Å². The third kappa shape index (κ3) is 15.8. The Balaban J connectivity index is 1.01. The molecule has 4 amide bonds. The molecule has 0 aromatic heterocycles. The molecule has 6 N–H and O–H groups in total. The first kappa shape index (κ1) is 44.9. The molecular weight excluding hydrogens is 773 g/mol. The van der Waals surface area contributed by atoms with Crippen molar-refractivity contribution < 1.29 is 19.1 Å². The van der Waals surface area contributed by atoms with E-state index in [0.29, 0.717) is 36.1 Å². The van der Waals surface area contributed by atoms with Crippen molar-refractivity contribution in [2.45, 2.75) is 64.8 Å². The van der Waals surface area contributed by atoms with Crippen LogP contribution in [0.4, 0.5) is 21.0 Å². The number of benzene rings is 6. The van der Waals surface area contributed by atoms with Gasteiger partial charge in [0.2, 0.25) is 0 Å². The van der Waals surface area contributed by atoms with Crippen LogP contribution < -0.4 is 31.6 Å². The van der Waals surface area contributed by atoms with Crippen LogP contribution in [0, 0.1) is 0 Å². The van der Waals surface area contributed by atoms with E-state index in [-0.39, 0.29) is 0 Å². The molecule has 0 saturated carbocycles. The van der Waals surface area contributed by atoms with E-state index in [2.05, 4.69) is 93.2 Å². The summed E-state index contributed by atoms with van der Waals surface area (Å²) < 4.78 is 12.2. The van der Waals surface area contributed by atoms with E-state index in [1.807, 2.05) is 84.9 Å². The molecule has 0 aliphatic carbocycles. The summed E-state index contributed by atoms with van der Waals surface area (Å²) in [6.07, 6.45) is 6.10. The fourth-order valence-corrected chi connectivity index (χ4v) is 7.47. The van der Waals surface area contributed by atoms with Crippen LogP contribution in [-0.4, -0.2) is 48.0 Å². The number of ether oxygens (including phenoxy) is 2. The van der Waals surface area contributed by atoms with Crippen molar-refractivity contribution in [1.29, 1.82) is 0 Å². The number of nitrogens with one attached hydrogen (secondary N) is 2. The van der Waals surface area contributed by atoms with Crippen molar-refractivity contribution in [3.8, 4) is 11.5 Å². The molecule has 0 heterocycles. The lowest BCUT2D eigenvalue weighted by molar-refractivity contribution is 0.250. The van der Waals surface area contributed by atoms with Crippen LogP contribution in [0.2, 0.25) is 0 Å². The van der Waals surface area contributed by atoms with Crippen molar-refractivity contribution in [3.63, 3.8) is 0 Å². The molecule has 6 rings (SSSR count). The highest BCUT2D eigenvalue weighted by atomic mass is 16.5. The number of hydrogen-bond donors (Lipinski definition) is 4. The van der Waals surface area contributed by atoms with Gasteiger partial charge in [0, 0.05) is 26.2 Å². The molecule has 6 aromatic rings. The van der Waals surface area contributed by atoms with Gasteiger partial charge in [-0.05, 0) is 96.4 Å². The van der Waals surface area contributed by atoms with Gasteiger partial charge in [-0.3, -0.25) is 9.80 Å². The van der Waals surface area contributed by atoms with E-state index in [9.17, 15) is 9.59 Å². The highest BCUT2D eigenvalue weighted by molar-refractivity contribution is 5.90. The van der Waals surface area contributed by atoms with Gasteiger partial charge in [-0.2, -0.15) is 0 Å². The quantitative estimate of drug-likeness (QED) is 0.0424. The molecular formula is C52H60N6O4. The highest BCUT2D eigenvalue weighted by Gasteiger charge is 2.14. The molecule has 0 fully saturated rings. The van der Waals surface area contributed by atoms with Crippen LogP contribution in [-0.2, 0) is 39.1 Å². The Morgan fingerprint density at radius 2 is 0.774 bits per heavy atom. The first-order chi connectivity index (χ1) is 30.4. The number of nitrogens with two attached hydrogens (primary N) is 2. The summed E-state index contributed by atoms with van der Waals surface area (Å²) in [5.41, 5.74) is 19.1. The van der Waals surface area contributed by atoms with Gasteiger partial charge in [0.05, 0.1) is 11.4 Å². The number of nitrogens with zero attached hydrogens (tertiary/aromatic N) is 2. The lowest BCUT2D eigenvalue weighted by atomic mass is 10.1. The number of carbonyl (C=O) groups excluding carboxylic acids is 2. The van der Waals surface area contributed by atoms with E-state index < -0.39 is 12.1 Å². The van der Waals surface area contributed by atoms with Crippen LogP contribution in [0.3, 0.4) is 0 Å². The van der Waals surface area contributed by atoms with Gasteiger partial charge in [0.25, 0.3) is 0 Å². The summed E-state index contributed by atoms with van der Waals surface area (Å²) in [6.45, 7) is 6.24. The number of hydrogen-bond acceptors (Lipinski definition) is 6. The Kier molecular flexibility index (Phi) is 17.8. The normalized spacial score (nSPS) is 11.1. The van der Waals surface area contributed by atoms with Gasteiger partial charge in [0.15, 0.2) is 0 Å². The molecule has 0 saturated heterocycles. The second kappa shape index (κ2) is 24.6. The zero-order valence-electron chi connectivity index (χ0n) is 35.6. The Labute approximate surface area is 366 Å². The molecule has 10 nitrogen and oxygen atoms in total. The Hall–Kier alpha value is -6.62. The fourth-order valence-electron chi connectivity index (χ4n) is 7.47. The molecule has 0 aliphatic rings. The zero-order chi connectivity index (χ0) is 43.2. The summed E-state index contributed by atoms with van der Waals surface area (Å²) in [5.74, 6) is 1.18. The largest absolute Gasteiger partial charge is 0.487 e. The van der Waals surface area contributed by atoms with E-state index in [1.54, 1.807) is 0 Å². The fraction of sp³-hybridized carbons (Fsp3) is 0.269. The van der Waals surface area contributed by atoms with Gasteiger partial charge in [-0.15, -0.1) is 0 Å². The maximum absolute atomic E-state index is 11.9. The molecule has 0 radical (unpaired) electrons. The average Bonchev–Trinajstić information content (AvgIpc) is 3.28. The minimum Gasteiger partial charge on any atom is -0.487 e. The lowest BCUT2D eigenvalue weighted by Gasteiger charge is -2.24. The Bertz CT molecular complexity index is 2080. The van der Waals surface area contributed by atoms with Crippen LogP contribution in [0.1, 0.15) is 59.1 Å². The van der Waals surface area contributed by atoms with Gasteiger partial charge in [0.1, 0.15) is 24.7 Å². The molecule has 62 heavy (non-hydrogen) atoms. The molecule has 0 bridgehead atoms.